The van der Waals surface area contributed by atoms with Gasteiger partial charge in [0, 0.05) is 18.5 Å². The summed E-state index contributed by atoms with van der Waals surface area (Å²) in [6.45, 7) is 5.95. The van der Waals surface area contributed by atoms with E-state index in [0.717, 1.165) is 17.5 Å². The van der Waals surface area contributed by atoms with Crippen molar-refractivity contribution < 1.29 is 9.52 Å². The maximum atomic E-state index is 12.3. The zero-order valence-corrected chi connectivity index (χ0v) is 13.2. The molecule has 2 N–H and O–H groups in total. The molecule has 0 aliphatic carbocycles. The Hall–Kier alpha value is -2.18. The minimum absolute atomic E-state index is 0.239. The van der Waals surface area contributed by atoms with Crippen LogP contribution in [0.5, 0.6) is 0 Å². The monoisotopic (exact) mass is 313 g/mol. The molecule has 6 nitrogen and oxygen atoms in total. The van der Waals surface area contributed by atoms with Crippen LogP contribution in [0.4, 0.5) is 0 Å². The number of fused-ring (bicyclic) bond motifs is 3. The fourth-order valence-corrected chi connectivity index (χ4v) is 3.28. The summed E-state index contributed by atoms with van der Waals surface area (Å²) in [5.74, 6) is 0.843. The first-order valence-electron chi connectivity index (χ1n) is 7.84. The number of nitrogens with zero attached hydrogens (tertiary/aromatic N) is 2. The largest absolute Gasteiger partial charge is 0.449 e. The summed E-state index contributed by atoms with van der Waals surface area (Å²) in [6, 6.07) is 5.80. The summed E-state index contributed by atoms with van der Waals surface area (Å²) in [5, 5.41) is 10.7. The molecule has 0 amide bonds. The number of β-amino-alcohol motifs (C(OH)–C–C–N with tert-alkyl or cyclic N) is 1. The molecule has 1 aliphatic rings. The second-order valence-electron chi connectivity index (χ2n) is 6.53. The van der Waals surface area contributed by atoms with Crippen LogP contribution in [-0.4, -0.2) is 39.2 Å². The van der Waals surface area contributed by atoms with Gasteiger partial charge in [-0.15, -0.1) is 0 Å². The van der Waals surface area contributed by atoms with Crippen LogP contribution in [0.2, 0.25) is 0 Å². The average Bonchev–Trinajstić information content (AvgIpc) is 3.00. The summed E-state index contributed by atoms with van der Waals surface area (Å²) < 4.78 is 5.64. The number of aromatic nitrogens is 2. The van der Waals surface area contributed by atoms with Crippen LogP contribution in [-0.2, 0) is 6.54 Å². The highest BCUT2D eigenvalue weighted by molar-refractivity contribution is 6.02. The number of hydrogen-bond donors (Lipinski definition) is 2. The van der Waals surface area contributed by atoms with E-state index < -0.39 is 0 Å². The molecule has 0 unspecified atom stereocenters. The standard InChI is InChI=1S/C17H19N3O3/c1-9-3-4-13-11(5-9)15-16(23-13)17(22)19-14(18-15)8-20-6-10(2)12(21)7-20/h3-5,10,12,21H,6-8H2,1-2H3,(H,18,19,22)/t10-,12-/m1/s1. The Morgan fingerprint density at radius 2 is 2.26 bits per heavy atom. The molecular weight excluding hydrogens is 294 g/mol. The van der Waals surface area contributed by atoms with E-state index in [1.165, 1.54) is 0 Å². The van der Waals surface area contributed by atoms with Crippen LogP contribution in [0.25, 0.3) is 22.1 Å². The lowest BCUT2D eigenvalue weighted by atomic mass is 10.1. The number of likely N-dealkylation sites (tertiary alicyclic amines) is 1. The van der Waals surface area contributed by atoms with Gasteiger partial charge in [0.1, 0.15) is 16.9 Å². The number of hydrogen-bond acceptors (Lipinski definition) is 5. The van der Waals surface area contributed by atoms with Crippen molar-refractivity contribution in [2.75, 3.05) is 13.1 Å². The predicted molar refractivity (Wildman–Crippen MR) is 87.3 cm³/mol. The number of nitrogens with one attached hydrogen (secondary N) is 1. The lowest BCUT2D eigenvalue weighted by Gasteiger charge is -2.13. The van der Waals surface area contributed by atoms with Gasteiger partial charge in [-0.05, 0) is 25.0 Å². The minimum Gasteiger partial charge on any atom is -0.449 e. The predicted octanol–water partition coefficient (Wildman–Crippen LogP) is 1.79. The molecule has 6 heteroatoms. The van der Waals surface area contributed by atoms with Gasteiger partial charge >= 0.3 is 0 Å². The Bertz CT molecular complexity index is 933. The van der Waals surface area contributed by atoms with Gasteiger partial charge in [0.2, 0.25) is 5.58 Å². The highest BCUT2D eigenvalue weighted by atomic mass is 16.3. The molecule has 2 atom stereocenters. The van der Waals surface area contributed by atoms with Crippen molar-refractivity contribution >= 4 is 22.1 Å². The van der Waals surface area contributed by atoms with E-state index in [1.54, 1.807) is 0 Å². The third kappa shape index (κ3) is 2.44. The van der Waals surface area contributed by atoms with Crippen LogP contribution >= 0.6 is 0 Å². The molecule has 0 spiro atoms. The van der Waals surface area contributed by atoms with Crippen LogP contribution < -0.4 is 5.56 Å². The third-order valence-corrected chi connectivity index (χ3v) is 4.55. The van der Waals surface area contributed by atoms with Gasteiger partial charge in [-0.3, -0.25) is 9.69 Å². The van der Waals surface area contributed by atoms with Crippen LogP contribution in [0.3, 0.4) is 0 Å². The summed E-state index contributed by atoms with van der Waals surface area (Å²) in [7, 11) is 0. The molecule has 23 heavy (non-hydrogen) atoms. The van der Waals surface area contributed by atoms with Crippen molar-refractivity contribution in [2.45, 2.75) is 26.5 Å². The Kier molecular flexibility index (Phi) is 3.25. The lowest BCUT2D eigenvalue weighted by molar-refractivity contribution is 0.147. The van der Waals surface area contributed by atoms with Crippen LogP contribution in [0.1, 0.15) is 18.3 Å². The number of aliphatic hydroxyl groups excluding tert-OH is 1. The van der Waals surface area contributed by atoms with E-state index in [2.05, 4.69) is 14.9 Å². The van der Waals surface area contributed by atoms with Gasteiger partial charge in [0.15, 0.2) is 0 Å². The first-order valence-corrected chi connectivity index (χ1v) is 7.84. The molecule has 1 fully saturated rings. The second kappa shape index (κ2) is 5.18. The summed E-state index contributed by atoms with van der Waals surface area (Å²) in [5.41, 5.74) is 2.39. The number of aliphatic hydroxyl groups is 1. The molecular formula is C17H19N3O3. The molecule has 1 aromatic carbocycles. The molecule has 2 aromatic heterocycles. The number of aryl methyl sites for hydroxylation is 1. The summed E-state index contributed by atoms with van der Waals surface area (Å²) in [4.78, 5) is 21.8. The van der Waals surface area contributed by atoms with Gasteiger partial charge in [0.25, 0.3) is 5.56 Å². The molecule has 1 saturated heterocycles. The number of rotatable bonds is 2. The molecule has 0 bridgehead atoms. The van der Waals surface area contributed by atoms with Crippen molar-refractivity contribution in [3.63, 3.8) is 0 Å². The Labute approximate surface area is 132 Å². The van der Waals surface area contributed by atoms with Crippen LogP contribution in [0.15, 0.2) is 27.4 Å². The van der Waals surface area contributed by atoms with Crippen molar-refractivity contribution in [3.05, 3.63) is 39.9 Å². The molecule has 4 rings (SSSR count). The zero-order valence-electron chi connectivity index (χ0n) is 13.2. The first-order chi connectivity index (χ1) is 11.0. The first kappa shape index (κ1) is 14.4. The highest BCUT2D eigenvalue weighted by Crippen LogP contribution is 2.26. The van der Waals surface area contributed by atoms with Gasteiger partial charge in [-0.2, -0.15) is 0 Å². The maximum absolute atomic E-state index is 12.3. The smallest absolute Gasteiger partial charge is 0.294 e. The van der Waals surface area contributed by atoms with E-state index in [4.69, 9.17) is 4.42 Å². The third-order valence-electron chi connectivity index (χ3n) is 4.55. The number of H-pyrrole nitrogens is 1. The van der Waals surface area contributed by atoms with Crippen molar-refractivity contribution in [1.29, 1.82) is 0 Å². The van der Waals surface area contributed by atoms with Crippen molar-refractivity contribution in [2.24, 2.45) is 5.92 Å². The molecule has 0 saturated carbocycles. The van der Waals surface area contributed by atoms with E-state index in [0.29, 0.717) is 30.0 Å². The molecule has 3 aromatic rings. The van der Waals surface area contributed by atoms with E-state index in [9.17, 15) is 9.90 Å². The molecule has 3 heterocycles. The Morgan fingerprint density at radius 1 is 1.43 bits per heavy atom. The van der Waals surface area contributed by atoms with Crippen LogP contribution in [0, 0.1) is 12.8 Å². The van der Waals surface area contributed by atoms with Gasteiger partial charge < -0.3 is 14.5 Å². The summed E-state index contributed by atoms with van der Waals surface area (Å²) >= 11 is 0. The normalized spacial score (nSPS) is 22.4. The molecule has 1 aliphatic heterocycles. The number of benzene rings is 1. The Balaban J connectivity index is 1.78. The van der Waals surface area contributed by atoms with Gasteiger partial charge in [0.05, 0.1) is 12.6 Å². The fourth-order valence-electron chi connectivity index (χ4n) is 3.28. The SMILES string of the molecule is Cc1ccc2oc3c(=O)[nH]c(CN4C[C@@H](C)[C@H](O)C4)nc3c2c1. The number of furan rings is 1. The van der Waals surface area contributed by atoms with E-state index in [1.807, 2.05) is 32.0 Å². The highest BCUT2D eigenvalue weighted by Gasteiger charge is 2.28. The number of aromatic amines is 1. The maximum Gasteiger partial charge on any atom is 0.294 e. The quantitative estimate of drug-likeness (QED) is 0.754. The average molecular weight is 313 g/mol. The minimum atomic E-state index is -0.317. The van der Waals surface area contributed by atoms with E-state index in [-0.39, 0.29) is 23.2 Å². The molecule has 0 radical (unpaired) electrons. The van der Waals surface area contributed by atoms with Crippen molar-refractivity contribution in [3.8, 4) is 0 Å². The molecule has 120 valence electrons. The van der Waals surface area contributed by atoms with Crippen molar-refractivity contribution in [1.82, 2.24) is 14.9 Å². The lowest BCUT2D eigenvalue weighted by Crippen LogP contribution is -2.24. The van der Waals surface area contributed by atoms with Gasteiger partial charge in [-0.25, -0.2) is 4.98 Å². The Morgan fingerprint density at radius 3 is 3.00 bits per heavy atom. The zero-order chi connectivity index (χ0) is 16.1. The van der Waals surface area contributed by atoms with E-state index >= 15 is 0 Å². The fraction of sp³-hybridized carbons (Fsp3) is 0.412. The van der Waals surface area contributed by atoms with Gasteiger partial charge in [-0.1, -0.05) is 18.6 Å². The topological polar surface area (TPSA) is 82.4 Å². The summed E-state index contributed by atoms with van der Waals surface area (Å²) in [6.07, 6.45) is -0.317. The second-order valence-corrected chi connectivity index (χ2v) is 6.53.